The van der Waals surface area contributed by atoms with Gasteiger partial charge in [0.15, 0.2) is 0 Å². The van der Waals surface area contributed by atoms with E-state index in [1.165, 1.54) is 11.8 Å². The van der Waals surface area contributed by atoms with Crippen LogP contribution in [0.1, 0.15) is 43.4 Å². The molecule has 0 aliphatic carbocycles. The van der Waals surface area contributed by atoms with Gasteiger partial charge in [-0.15, -0.1) is 0 Å². The number of hydrogen-bond donors (Lipinski definition) is 0. The molecular formula is C19H26N2O4S. The maximum Gasteiger partial charge on any atom is 0.227 e. The van der Waals surface area contributed by atoms with Crippen LogP contribution in [0.5, 0.6) is 5.75 Å². The molecule has 2 fully saturated rings. The molecule has 6 nitrogen and oxygen atoms in total. The molecule has 2 saturated heterocycles. The van der Waals surface area contributed by atoms with Gasteiger partial charge in [-0.3, -0.25) is 4.79 Å². The van der Waals surface area contributed by atoms with E-state index < -0.39 is 10.0 Å². The van der Waals surface area contributed by atoms with Gasteiger partial charge in [0.1, 0.15) is 5.75 Å². The fourth-order valence-electron chi connectivity index (χ4n) is 4.91. The Labute approximate surface area is 155 Å². The van der Waals surface area contributed by atoms with Crippen LogP contribution in [0.15, 0.2) is 18.2 Å². The molecule has 3 aliphatic heterocycles. The van der Waals surface area contributed by atoms with Gasteiger partial charge in [0.05, 0.1) is 24.8 Å². The van der Waals surface area contributed by atoms with Gasteiger partial charge in [-0.05, 0) is 55.9 Å². The zero-order chi connectivity index (χ0) is 18.5. The summed E-state index contributed by atoms with van der Waals surface area (Å²) < 4.78 is 31.7. The van der Waals surface area contributed by atoms with Crippen molar-refractivity contribution in [2.45, 2.75) is 44.7 Å². The predicted molar refractivity (Wildman–Crippen MR) is 98.4 cm³/mol. The van der Waals surface area contributed by atoms with Crippen molar-refractivity contribution in [3.63, 3.8) is 0 Å². The first kappa shape index (κ1) is 17.8. The van der Waals surface area contributed by atoms with Crippen molar-refractivity contribution in [2.24, 2.45) is 5.92 Å². The minimum Gasteiger partial charge on any atom is -0.494 e. The van der Waals surface area contributed by atoms with Crippen LogP contribution in [0.4, 0.5) is 0 Å². The summed E-state index contributed by atoms with van der Waals surface area (Å²) in [5, 5.41) is 0. The van der Waals surface area contributed by atoms with Crippen LogP contribution in [0.3, 0.4) is 0 Å². The second kappa shape index (κ2) is 6.53. The number of hydrogen-bond acceptors (Lipinski definition) is 4. The lowest BCUT2D eigenvalue weighted by atomic mass is 9.77. The van der Waals surface area contributed by atoms with E-state index in [4.69, 9.17) is 4.74 Å². The van der Waals surface area contributed by atoms with Gasteiger partial charge in [0.25, 0.3) is 0 Å². The van der Waals surface area contributed by atoms with Gasteiger partial charge in [-0.2, -0.15) is 4.31 Å². The first-order valence-electron chi connectivity index (χ1n) is 9.43. The summed E-state index contributed by atoms with van der Waals surface area (Å²) in [6.45, 7) is 3.81. The standard InChI is InChI=1S/C19H26N2O4S/c1-3-25-14-6-7-15-13(11-14)8-10-20-17(15)12-18-16(19(20)22)5-4-9-21(18)26(2,23)24/h6-7,11,16-18H,3-5,8-10,12H2,1-2H3. The van der Waals surface area contributed by atoms with E-state index in [-0.39, 0.29) is 23.9 Å². The van der Waals surface area contributed by atoms with E-state index in [1.54, 1.807) is 4.31 Å². The van der Waals surface area contributed by atoms with Crippen molar-refractivity contribution in [3.8, 4) is 5.75 Å². The highest BCUT2D eigenvalue weighted by Crippen LogP contribution is 2.44. The Kier molecular flexibility index (Phi) is 4.47. The van der Waals surface area contributed by atoms with E-state index >= 15 is 0 Å². The monoisotopic (exact) mass is 378 g/mol. The lowest BCUT2D eigenvalue weighted by molar-refractivity contribution is -0.147. The summed E-state index contributed by atoms with van der Waals surface area (Å²) >= 11 is 0. The summed E-state index contributed by atoms with van der Waals surface area (Å²) in [7, 11) is -3.31. The molecule has 0 N–H and O–H groups in total. The van der Waals surface area contributed by atoms with Crippen LogP contribution in [-0.4, -0.2) is 55.5 Å². The molecule has 7 heteroatoms. The van der Waals surface area contributed by atoms with Crippen LogP contribution < -0.4 is 4.74 Å². The molecular weight excluding hydrogens is 352 g/mol. The highest BCUT2D eigenvalue weighted by atomic mass is 32.2. The third-order valence-corrected chi connectivity index (χ3v) is 7.31. The first-order valence-corrected chi connectivity index (χ1v) is 11.3. The van der Waals surface area contributed by atoms with E-state index in [1.807, 2.05) is 17.9 Å². The molecule has 1 amide bonds. The maximum atomic E-state index is 13.1. The molecule has 1 aromatic rings. The van der Waals surface area contributed by atoms with Crippen molar-refractivity contribution in [2.75, 3.05) is 26.0 Å². The zero-order valence-corrected chi connectivity index (χ0v) is 16.2. The van der Waals surface area contributed by atoms with Gasteiger partial charge >= 0.3 is 0 Å². The van der Waals surface area contributed by atoms with Crippen molar-refractivity contribution < 1.29 is 17.9 Å². The van der Waals surface area contributed by atoms with Crippen molar-refractivity contribution in [1.29, 1.82) is 0 Å². The molecule has 3 aliphatic rings. The fourth-order valence-corrected chi connectivity index (χ4v) is 6.10. The number of piperidine rings is 2. The minimum atomic E-state index is -3.31. The molecule has 0 spiro atoms. The summed E-state index contributed by atoms with van der Waals surface area (Å²) in [4.78, 5) is 15.1. The average molecular weight is 378 g/mol. The Bertz CT molecular complexity index is 823. The topological polar surface area (TPSA) is 66.9 Å². The predicted octanol–water partition coefficient (Wildman–Crippen LogP) is 1.96. The second-order valence-corrected chi connectivity index (χ2v) is 9.45. The molecule has 1 aromatic carbocycles. The molecule has 142 valence electrons. The SMILES string of the molecule is CCOc1ccc2c(c1)CCN1C(=O)C3CCCN(S(C)(=O)=O)C3CC21. The number of rotatable bonds is 3. The summed E-state index contributed by atoms with van der Waals surface area (Å²) in [5.74, 6) is 0.785. The highest BCUT2D eigenvalue weighted by Gasteiger charge is 2.49. The molecule has 0 aromatic heterocycles. The largest absolute Gasteiger partial charge is 0.494 e. The van der Waals surface area contributed by atoms with Gasteiger partial charge in [-0.1, -0.05) is 6.07 Å². The van der Waals surface area contributed by atoms with Crippen LogP contribution >= 0.6 is 0 Å². The van der Waals surface area contributed by atoms with Crippen molar-refractivity contribution >= 4 is 15.9 Å². The maximum absolute atomic E-state index is 13.1. The van der Waals surface area contributed by atoms with Gasteiger partial charge < -0.3 is 9.64 Å². The molecule has 3 unspecified atom stereocenters. The smallest absolute Gasteiger partial charge is 0.227 e. The third kappa shape index (κ3) is 2.91. The number of sulfonamides is 1. The number of carbonyl (C=O) groups excluding carboxylic acids is 1. The van der Waals surface area contributed by atoms with E-state index in [2.05, 4.69) is 12.1 Å². The summed E-state index contributed by atoms with van der Waals surface area (Å²) in [5.41, 5.74) is 2.36. The second-order valence-electron chi connectivity index (χ2n) is 7.52. The minimum absolute atomic E-state index is 0.0365. The normalized spacial score (nSPS) is 28.9. The van der Waals surface area contributed by atoms with E-state index in [9.17, 15) is 13.2 Å². The van der Waals surface area contributed by atoms with Crippen LogP contribution in [0.2, 0.25) is 0 Å². The number of amides is 1. The molecule has 3 atom stereocenters. The van der Waals surface area contributed by atoms with Gasteiger partial charge in [0.2, 0.25) is 15.9 Å². The van der Waals surface area contributed by atoms with Gasteiger partial charge in [0, 0.05) is 19.1 Å². The Morgan fingerprint density at radius 2 is 2.08 bits per heavy atom. The molecule has 0 saturated carbocycles. The van der Waals surface area contributed by atoms with Crippen LogP contribution in [0, 0.1) is 5.92 Å². The van der Waals surface area contributed by atoms with E-state index in [0.29, 0.717) is 26.1 Å². The third-order valence-electron chi connectivity index (χ3n) is 6.00. The Hall–Kier alpha value is -1.60. The molecule has 4 rings (SSSR count). The molecule has 26 heavy (non-hydrogen) atoms. The molecule has 3 heterocycles. The first-order chi connectivity index (χ1) is 12.4. The summed E-state index contributed by atoms with van der Waals surface area (Å²) in [6.07, 6.45) is 4.31. The lowest BCUT2D eigenvalue weighted by Crippen LogP contribution is -2.59. The Morgan fingerprint density at radius 1 is 1.27 bits per heavy atom. The number of carbonyl (C=O) groups is 1. The zero-order valence-electron chi connectivity index (χ0n) is 15.3. The van der Waals surface area contributed by atoms with Crippen LogP contribution in [0.25, 0.3) is 0 Å². The van der Waals surface area contributed by atoms with Crippen molar-refractivity contribution in [1.82, 2.24) is 9.21 Å². The summed E-state index contributed by atoms with van der Waals surface area (Å²) in [6, 6.07) is 5.83. The molecule has 0 radical (unpaired) electrons. The Morgan fingerprint density at radius 3 is 2.81 bits per heavy atom. The number of ether oxygens (including phenoxy) is 1. The van der Waals surface area contributed by atoms with Crippen molar-refractivity contribution in [3.05, 3.63) is 29.3 Å². The lowest BCUT2D eigenvalue weighted by Gasteiger charge is -2.50. The van der Waals surface area contributed by atoms with E-state index in [0.717, 1.165) is 30.6 Å². The molecule has 0 bridgehead atoms. The quantitative estimate of drug-likeness (QED) is 0.806. The fraction of sp³-hybridized carbons (Fsp3) is 0.632. The number of benzene rings is 1. The Balaban J connectivity index is 1.69. The number of fused-ring (bicyclic) bond motifs is 4. The van der Waals surface area contributed by atoms with Crippen LogP contribution in [-0.2, 0) is 21.2 Å². The highest BCUT2D eigenvalue weighted by molar-refractivity contribution is 7.88. The van der Waals surface area contributed by atoms with Gasteiger partial charge in [-0.25, -0.2) is 8.42 Å². The average Bonchev–Trinajstić information content (AvgIpc) is 2.60. The number of nitrogens with zero attached hydrogens (tertiary/aromatic N) is 2.